The number of likely N-dealkylation sites (N-methyl/N-ethyl adjacent to an activating group) is 1. The quantitative estimate of drug-likeness (QED) is 0.566. The van der Waals surface area contributed by atoms with Gasteiger partial charge in [0.15, 0.2) is 0 Å². The van der Waals surface area contributed by atoms with E-state index in [0.29, 0.717) is 6.54 Å². The fourth-order valence-corrected chi connectivity index (χ4v) is 1.34. The van der Waals surface area contributed by atoms with Crippen molar-refractivity contribution in [2.45, 2.75) is 26.4 Å². The SMILES string of the molecule is CCN1CC(=O)NC1(C)C. The van der Waals surface area contributed by atoms with E-state index in [-0.39, 0.29) is 11.6 Å². The second kappa shape index (κ2) is 2.23. The highest BCUT2D eigenvalue weighted by atomic mass is 16.2. The van der Waals surface area contributed by atoms with Crippen LogP contribution in [0.1, 0.15) is 20.8 Å². The summed E-state index contributed by atoms with van der Waals surface area (Å²) in [5.74, 6) is 0.131. The van der Waals surface area contributed by atoms with Crippen molar-refractivity contribution >= 4 is 5.91 Å². The molecular weight excluding hydrogens is 128 g/mol. The number of hydrogen-bond donors (Lipinski definition) is 1. The molecule has 0 atom stereocenters. The topological polar surface area (TPSA) is 32.3 Å². The van der Waals surface area contributed by atoms with Crippen LogP contribution in [0.25, 0.3) is 0 Å². The van der Waals surface area contributed by atoms with E-state index in [4.69, 9.17) is 0 Å². The van der Waals surface area contributed by atoms with E-state index in [1.54, 1.807) is 0 Å². The number of nitrogens with one attached hydrogen (secondary N) is 1. The Morgan fingerprint density at radius 3 is 2.50 bits per heavy atom. The average molecular weight is 142 g/mol. The highest BCUT2D eigenvalue weighted by molar-refractivity contribution is 5.81. The zero-order valence-electron chi connectivity index (χ0n) is 6.77. The van der Waals surface area contributed by atoms with Crippen LogP contribution >= 0.6 is 0 Å². The van der Waals surface area contributed by atoms with E-state index >= 15 is 0 Å². The molecule has 0 unspecified atom stereocenters. The number of hydrogen-bond acceptors (Lipinski definition) is 2. The maximum atomic E-state index is 10.9. The van der Waals surface area contributed by atoms with Gasteiger partial charge in [-0.25, -0.2) is 0 Å². The van der Waals surface area contributed by atoms with E-state index < -0.39 is 0 Å². The molecule has 3 nitrogen and oxygen atoms in total. The number of nitrogens with zero attached hydrogens (tertiary/aromatic N) is 1. The van der Waals surface area contributed by atoms with Crippen molar-refractivity contribution in [2.24, 2.45) is 0 Å². The first-order valence-corrected chi connectivity index (χ1v) is 3.62. The van der Waals surface area contributed by atoms with E-state index in [2.05, 4.69) is 17.1 Å². The minimum absolute atomic E-state index is 0.131. The van der Waals surface area contributed by atoms with Crippen LogP contribution in [0.5, 0.6) is 0 Å². The molecule has 1 aliphatic heterocycles. The number of amides is 1. The molecule has 1 amide bonds. The first-order valence-electron chi connectivity index (χ1n) is 3.62. The summed E-state index contributed by atoms with van der Waals surface area (Å²) in [6.07, 6.45) is 0. The molecule has 3 heteroatoms. The first kappa shape index (κ1) is 7.54. The van der Waals surface area contributed by atoms with Gasteiger partial charge in [-0.15, -0.1) is 0 Å². The minimum atomic E-state index is -0.133. The molecule has 1 aliphatic rings. The van der Waals surface area contributed by atoms with Gasteiger partial charge in [0.25, 0.3) is 0 Å². The van der Waals surface area contributed by atoms with Crippen molar-refractivity contribution in [1.82, 2.24) is 10.2 Å². The molecule has 0 saturated carbocycles. The minimum Gasteiger partial charge on any atom is -0.337 e. The second-order valence-corrected chi connectivity index (χ2v) is 3.12. The summed E-state index contributed by atoms with van der Waals surface area (Å²) in [6.45, 7) is 7.56. The van der Waals surface area contributed by atoms with Crippen LogP contribution in [0.4, 0.5) is 0 Å². The Labute approximate surface area is 61.4 Å². The second-order valence-electron chi connectivity index (χ2n) is 3.12. The molecule has 1 saturated heterocycles. The molecule has 0 aliphatic carbocycles. The van der Waals surface area contributed by atoms with Crippen LogP contribution in [0.15, 0.2) is 0 Å². The van der Waals surface area contributed by atoms with Crippen molar-refractivity contribution in [1.29, 1.82) is 0 Å². The fraction of sp³-hybridized carbons (Fsp3) is 0.857. The molecule has 10 heavy (non-hydrogen) atoms. The highest BCUT2D eigenvalue weighted by Crippen LogP contribution is 2.14. The van der Waals surface area contributed by atoms with Crippen LogP contribution in [-0.2, 0) is 4.79 Å². The zero-order chi connectivity index (χ0) is 7.78. The maximum Gasteiger partial charge on any atom is 0.235 e. The standard InChI is InChI=1S/C7H14N2O/c1-4-9-5-6(10)8-7(9,2)3/h4-5H2,1-3H3,(H,8,10). The molecule has 1 fully saturated rings. The van der Waals surface area contributed by atoms with Gasteiger partial charge in [-0.2, -0.15) is 0 Å². The van der Waals surface area contributed by atoms with Crippen molar-refractivity contribution in [3.63, 3.8) is 0 Å². The summed E-state index contributed by atoms with van der Waals surface area (Å²) in [7, 11) is 0. The molecule has 1 heterocycles. The molecule has 1 rings (SSSR count). The summed E-state index contributed by atoms with van der Waals surface area (Å²) in [6, 6.07) is 0. The zero-order valence-corrected chi connectivity index (χ0v) is 6.77. The molecule has 58 valence electrons. The monoisotopic (exact) mass is 142 g/mol. The van der Waals surface area contributed by atoms with Crippen LogP contribution in [-0.4, -0.2) is 29.6 Å². The first-order chi connectivity index (χ1) is 4.56. The lowest BCUT2D eigenvalue weighted by molar-refractivity contribution is -0.118. The number of carbonyl (C=O) groups excluding carboxylic acids is 1. The average Bonchev–Trinajstić information content (AvgIpc) is 2.04. The normalized spacial score (nSPS) is 24.9. The Kier molecular flexibility index (Phi) is 1.68. The molecule has 0 bridgehead atoms. The summed E-state index contributed by atoms with van der Waals surface area (Å²) in [5.41, 5.74) is -0.133. The summed E-state index contributed by atoms with van der Waals surface area (Å²) < 4.78 is 0. The summed E-state index contributed by atoms with van der Waals surface area (Å²) in [4.78, 5) is 13.0. The number of rotatable bonds is 1. The van der Waals surface area contributed by atoms with Crippen molar-refractivity contribution in [2.75, 3.05) is 13.1 Å². The molecular formula is C7H14N2O. The van der Waals surface area contributed by atoms with Crippen LogP contribution in [0, 0.1) is 0 Å². The third-order valence-electron chi connectivity index (χ3n) is 1.95. The van der Waals surface area contributed by atoms with Gasteiger partial charge >= 0.3 is 0 Å². The fourth-order valence-electron chi connectivity index (χ4n) is 1.34. The Hall–Kier alpha value is -0.570. The smallest absolute Gasteiger partial charge is 0.235 e. The predicted octanol–water partition coefficient (Wildman–Crippen LogP) is 0.174. The van der Waals surface area contributed by atoms with Gasteiger partial charge in [0.1, 0.15) is 0 Å². The van der Waals surface area contributed by atoms with Gasteiger partial charge in [-0.1, -0.05) is 6.92 Å². The largest absolute Gasteiger partial charge is 0.337 e. The summed E-state index contributed by atoms with van der Waals surface area (Å²) in [5, 5.41) is 2.88. The van der Waals surface area contributed by atoms with E-state index in [0.717, 1.165) is 6.54 Å². The van der Waals surface area contributed by atoms with Crippen LogP contribution in [0.2, 0.25) is 0 Å². The Morgan fingerprint density at radius 2 is 2.30 bits per heavy atom. The lowest BCUT2D eigenvalue weighted by Crippen LogP contribution is -2.45. The third kappa shape index (κ3) is 1.14. The van der Waals surface area contributed by atoms with Crippen LogP contribution in [0.3, 0.4) is 0 Å². The lowest BCUT2D eigenvalue weighted by atomic mass is 10.2. The van der Waals surface area contributed by atoms with Gasteiger partial charge in [0.2, 0.25) is 5.91 Å². The van der Waals surface area contributed by atoms with Crippen molar-refractivity contribution < 1.29 is 4.79 Å². The van der Waals surface area contributed by atoms with Crippen LogP contribution < -0.4 is 5.32 Å². The van der Waals surface area contributed by atoms with Crippen molar-refractivity contribution in [3.05, 3.63) is 0 Å². The van der Waals surface area contributed by atoms with Crippen molar-refractivity contribution in [3.8, 4) is 0 Å². The van der Waals surface area contributed by atoms with E-state index in [9.17, 15) is 4.79 Å². The van der Waals surface area contributed by atoms with Gasteiger partial charge < -0.3 is 5.32 Å². The van der Waals surface area contributed by atoms with E-state index in [1.807, 2.05) is 13.8 Å². The predicted molar refractivity (Wildman–Crippen MR) is 39.5 cm³/mol. The molecule has 0 aromatic heterocycles. The Bertz CT molecular complexity index is 154. The molecule has 0 spiro atoms. The van der Waals surface area contributed by atoms with Gasteiger partial charge in [0.05, 0.1) is 12.2 Å². The Morgan fingerprint density at radius 1 is 1.70 bits per heavy atom. The molecule has 0 aromatic carbocycles. The van der Waals surface area contributed by atoms with E-state index in [1.165, 1.54) is 0 Å². The van der Waals surface area contributed by atoms with Gasteiger partial charge in [0, 0.05) is 0 Å². The highest BCUT2D eigenvalue weighted by Gasteiger charge is 2.34. The number of carbonyl (C=O) groups is 1. The lowest BCUT2D eigenvalue weighted by Gasteiger charge is -2.28. The van der Waals surface area contributed by atoms with Gasteiger partial charge in [-0.3, -0.25) is 9.69 Å². The van der Waals surface area contributed by atoms with Gasteiger partial charge in [-0.05, 0) is 20.4 Å². The molecule has 0 aromatic rings. The Balaban J connectivity index is 2.67. The third-order valence-corrected chi connectivity index (χ3v) is 1.95. The maximum absolute atomic E-state index is 10.9. The molecule has 0 radical (unpaired) electrons. The summed E-state index contributed by atoms with van der Waals surface area (Å²) >= 11 is 0. The molecule has 1 N–H and O–H groups in total.